The van der Waals surface area contributed by atoms with Gasteiger partial charge in [0.05, 0.1) is 0 Å². The molecule has 1 atom stereocenters. The number of nitrogens with zero attached hydrogens (tertiary/aromatic N) is 5. The summed E-state index contributed by atoms with van der Waals surface area (Å²) in [5, 5.41) is 0. The molecule has 0 aliphatic carbocycles. The average Bonchev–Trinajstić information content (AvgIpc) is 2.92. The third-order valence-electron chi connectivity index (χ3n) is 4.85. The fourth-order valence-electron chi connectivity index (χ4n) is 3.67. The van der Waals surface area contributed by atoms with E-state index in [0.29, 0.717) is 5.92 Å². The van der Waals surface area contributed by atoms with Gasteiger partial charge in [-0.2, -0.15) is 0 Å². The summed E-state index contributed by atoms with van der Waals surface area (Å²) >= 11 is 0. The molecule has 2 aromatic heterocycles. The van der Waals surface area contributed by atoms with Crippen molar-refractivity contribution in [1.82, 2.24) is 19.5 Å². The van der Waals surface area contributed by atoms with E-state index in [1.54, 1.807) is 0 Å². The van der Waals surface area contributed by atoms with Crippen LogP contribution >= 0.6 is 0 Å². The third-order valence-corrected chi connectivity index (χ3v) is 4.85. The van der Waals surface area contributed by atoms with E-state index in [9.17, 15) is 0 Å². The summed E-state index contributed by atoms with van der Waals surface area (Å²) in [7, 11) is 0. The quantitative estimate of drug-likeness (QED) is 0.870. The van der Waals surface area contributed by atoms with E-state index in [2.05, 4.69) is 46.4 Å². The Kier molecular flexibility index (Phi) is 4.64. The van der Waals surface area contributed by atoms with E-state index in [4.69, 9.17) is 4.98 Å². The molecule has 5 nitrogen and oxygen atoms in total. The van der Waals surface area contributed by atoms with Gasteiger partial charge < -0.3 is 9.47 Å². The van der Waals surface area contributed by atoms with Crippen molar-refractivity contribution in [2.24, 2.45) is 5.92 Å². The SMILES string of the molecule is CCc1c(C)nc(C)nc1N1CCCC(Cn2ccnc2C)C1. The van der Waals surface area contributed by atoms with Gasteiger partial charge in [-0.15, -0.1) is 0 Å². The van der Waals surface area contributed by atoms with Crippen LogP contribution in [0, 0.1) is 26.7 Å². The van der Waals surface area contributed by atoms with Crippen molar-refractivity contribution < 1.29 is 0 Å². The monoisotopic (exact) mass is 313 g/mol. The van der Waals surface area contributed by atoms with Crippen LogP contribution in [0.25, 0.3) is 0 Å². The lowest BCUT2D eigenvalue weighted by Gasteiger charge is -2.35. The Hall–Kier alpha value is -1.91. The smallest absolute Gasteiger partial charge is 0.135 e. The van der Waals surface area contributed by atoms with Crippen LogP contribution in [0.15, 0.2) is 12.4 Å². The van der Waals surface area contributed by atoms with E-state index in [0.717, 1.165) is 49.2 Å². The van der Waals surface area contributed by atoms with Crippen molar-refractivity contribution in [3.8, 4) is 0 Å². The molecule has 3 rings (SSSR count). The van der Waals surface area contributed by atoms with Gasteiger partial charge in [0.1, 0.15) is 17.5 Å². The Morgan fingerprint density at radius 2 is 2.04 bits per heavy atom. The summed E-state index contributed by atoms with van der Waals surface area (Å²) in [5.41, 5.74) is 2.43. The largest absolute Gasteiger partial charge is 0.356 e. The molecule has 0 saturated carbocycles. The minimum Gasteiger partial charge on any atom is -0.356 e. The minimum absolute atomic E-state index is 0.650. The lowest BCUT2D eigenvalue weighted by molar-refractivity contribution is 0.362. The maximum atomic E-state index is 4.77. The second-order valence-corrected chi connectivity index (χ2v) is 6.59. The fraction of sp³-hybridized carbons (Fsp3) is 0.611. The molecule has 0 spiro atoms. The topological polar surface area (TPSA) is 46.8 Å². The molecular weight excluding hydrogens is 286 g/mol. The first-order chi connectivity index (χ1) is 11.1. The van der Waals surface area contributed by atoms with Gasteiger partial charge in [-0.25, -0.2) is 15.0 Å². The number of imidazole rings is 1. The van der Waals surface area contributed by atoms with E-state index in [1.807, 2.05) is 13.1 Å². The number of rotatable bonds is 4. The maximum absolute atomic E-state index is 4.77. The zero-order valence-electron chi connectivity index (χ0n) is 14.7. The van der Waals surface area contributed by atoms with E-state index in [1.165, 1.54) is 18.4 Å². The predicted octanol–water partition coefficient (Wildman–Crippen LogP) is 3.08. The van der Waals surface area contributed by atoms with Gasteiger partial charge in [0.15, 0.2) is 0 Å². The highest BCUT2D eigenvalue weighted by atomic mass is 15.2. The zero-order chi connectivity index (χ0) is 16.4. The second-order valence-electron chi connectivity index (χ2n) is 6.59. The molecule has 0 aromatic carbocycles. The van der Waals surface area contributed by atoms with Crippen LogP contribution in [0.3, 0.4) is 0 Å². The first-order valence-corrected chi connectivity index (χ1v) is 8.65. The molecule has 2 aromatic rings. The standard InChI is InChI=1S/C18H27N5/c1-5-17-13(2)20-14(3)21-18(17)23-9-6-7-16(12-23)11-22-10-8-19-15(22)4/h8,10,16H,5-7,9,11-12H2,1-4H3. The van der Waals surface area contributed by atoms with Crippen molar-refractivity contribution in [3.63, 3.8) is 0 Å². The van der Waals surface area contributed by atoms with Crippen molar-refractivity contribution in [1.29, 1.82) is 0 Å². The number of aryl methyl sites for hydroxylation is 3. The van der Waals surface area contributed by atoms with Gasteiger partial charge in [-0.05, 0) is 46.0 Å². The fourth-order valence-corrected chi connectivity index (χ4v) is 3.67. The van der Waals surface area contributed by atoms with Crippen molar-refractivity contribution in [2.75, 3.05) is 18.0 Å². The average molecular weight is 313 g/mol. The Morgan fingerprint density at radius 1 is 1.22 bits per heavy atom. The number of aromatic nitrogens is 4. The van der Waals surface area contributed by atoms with Crippen LogP contribution < -0.4 is 4.90 Å². The first-order valence-electron chi connectivity index (χ1n) is 8.65. The summed E-state index contributed by atoms with van der Waals surface area (Å²) in [6.07, 6.45) is 7.47. The molecule has 3 heterocycles. The molecule has 1 saturated heterocycles. The Labute approximate surface area is 138 Å². The van der Waals surface area contributed by atoms with Gasteiger partial charge in [0, 0.05) is 43.3 Å². The highest BCUT2D eigenvalue weighted by Gasteiger charge is 2.24. The molecule has 1 aliphatic rings. The number of hydrogen-bond acceptors (Lipinski definition) is 4. The van der Waals surface area contributed by atoms with Gasteiger partial charge in [-0.1, -0.05) is 6.92 Å². The maximum Gasteiger partial charge on any atom is 0.135 e. The van der Waals surface area contributed by atoms with Gasteiger partial charge >= 0.3 is 0 Å². The van der Waals surface area contributed by atoms with E-state index < -0.39 is 0 Å². The van der Waals surface area contributed by atoms with Crippen LogP contribution in [0.5, 0.6) is 0 Å². The van der Waals surface area contributed by atoms with Crippen molar-refractivity contribution >= 4 is 5.82 Å². The lowest BCUT2D eigenvalue weighted by Crippen LogP contribution is -2.38. The van der Waals surface area contributed by atoms with Gasteiger partial charge in [0.25, 0.3) is 0 Å². The Balaban J connectivity index is 1.80. The number of hydrogen-bond donors (Lipinski definition) is 0. The normalized spacial score (nSPS) is 18.4. The van der Waals surface area contributed by atoms with Crippen LogP contribution in [0.2, 0.25) is 0 Å². The number of anilines is 1. The molecule has 0 amide bonds. The molecule has 0 bridgehead atoms. The van der Waals surface area contributed by atoms with Crippen LogP contribution in [-0.2, 0) is 13.0 Å². The molecule has 1 unspecified atom stereocenters. The predicted molar refractivity (Wildman–Crippen MR) is 92.8 cm³/mol. The molecule has 5 heteroatoms. The third kappa shape index (κ3) is 3.38. The molecule has 1 aliphatic heterocycles. The highest BCUT2D eigenvalue weighted by molar-refractivity contribution is 5.49. The summed E-state index contributed by atoms with van der Waals surface area (Å²) in [5.74, 6) is 3.79. The second kappa shape index (κ2) is 6.69. The van der Waals surface area contributed by atoms with E-state index >= 15 is 0 Å². The van der Waals surface area contributed by atoms with Gasteiger partial charge in [-0.3, -0.25) is 0 Å². The molecule has 0 radical (unpaired) electrons. The van der Waals surface area contributed by atoms with Crippen molar-refractivity contribution in [2.45, 2.75) is 53.5 Å². The highest BCUT2D eigenvalue weighted by Crippen LogP contribution is 2.27. The Morgan fingerprint density at radius 3 is 2.74 bits per heavy atom. The summed E-state index contributed by atoms with van der Waals surface area (Å²) in [6.45, 7) is 11.6. The summed E-state index contributed by atoms with van der Waals surface area (Å²) in [6, 6.07) is 0. The lowest BCUT2D eigenvalue weighted by atomic mass is 9.97. The first kappa shape index (κ1) is 16.0. The van der Waals surface area contributed by atoms with Crippen LogP contribution in [0.4, 0.5) is 5.82 Å². The van der Waals surface area contributed by atoms with Gasteiger partial charge in [0.2, 0.25) is 0 Å². The molecular formula is C18H27N5. The summed E-state index contributed by atoms with van der Waals surface area (Å²) < 4.78 is 2.27. The number of piperidine rings is 1. The van der Waals surface area contributed by atoms with E-state index in [-0.39, 0.29) is 0 Å². The van der Waals surface area contributed by atoms with Crippen LogP contribution in [-0.4, -0.2) is 32.6 Å². The van der Waals surface area contributed by atoms with Crippen LogP contribution in [0.1, 0.15) is 42.7 Å². The zero-order valence-corrected chi connectivity index (χ0v) is 14.7. The molecule has 23 heavy (non-hydrogen) atoms. The Bertz CT molecular complexity index is 676. The molecule has 124 valence electrons. The van der Waals surface area contributed by atoms with Crippen molar-refractivity contribution in [3.05, 3.63) is 35.3 Å². The molecule has 0 N–H and O–H groups in total. The molecule has 1 fully saturated rings. The summed E-state index contributed by atoms with van der Waals surface area (Å²) in [4.78, 5) is 16.1. The minimum atomic E-state index is 0.650.